The predicted molar refractivity (Wildman–Crippen MR) is 80.1 cm³/mol. The van der Waals surface area contributed by atoms with E-state index in [4.69, 9.17) is 9.26 Å². The van der Waals surface area contributed by atoms with Crippen LogP contribution in [0.1, 0.15) is 13.3 Å². The highest BCUT2D eigenvalue weighted by Gasteiger charge is 2.08. The topological polar surface area (TPSA) is 76.4 Å². The number of anilines is 1. The molecule has 1 aromatic heterocycles. The van der Waals surface area contributed by atoms with E-state index in [0.717, 1.165) is 12.0 Å². The molecular formula is C15H19N3O3. The zero-order chi connectivity index (χ0) is 14.9. The molecule has 1 aromatic carbocycles. The number of nitrogens with zero attached hydrogens (tertiary/aromatic N) is 1. The maximum absolute atomic E-state index is 11.6. The highest BCUT2D eigenvalue weighted by molar-refractivity contribution is 5.88. The van der Waals surface area contributed by atoms with Crippen LogP contribution in [-0.4, -0.2) is 30.9 Å². The number of nitrogens with one attached hydrogen (secondary N) is 2. The third kappa shape index (κ3) is 4.92. The van der Waals surface area contributed by atoms with Crippen LogP contribution in [0.15, 0.2) is 40.9 Å². The van der Waals surface area contributed by atoms with Crippen LogP contribution < -0.4 is 10.6 Å². The number of ether oxygens (including phenoxy) is 1. The quantitative estimate of drug-likeness (QED) is 0.768. The molecule has 0 aliphatic rings. The summed E-state index contributed by atoms with van der Waals surface area (Å²) in [5, 5.41) is 9.17. The third-order valence-electron chi connectivity index (χ3n) is 2.77. The second-order valence-electron chi connectivity index (χ2n) is 4.37. The van der Waals surface area contributed by atoms with Crippen LogP contribution in [0.25, 0.3) is 11.3 Å². The molecule has 112 valence electrons. The molecule has 6 heteroatoms. The monoisotopic (exact) mass is 289 g/mol. The fraction of sp³-hybridized carbons (Fsp3) is 0.333. The lowest BCUT2D eigenvalue weighted by molar-refractivity contribution is 0.145. The second kappa shape index (κ2) is 8.06. The molecular weight excluding hydrogens is 270 g/mol. The van der Waals surface area contributed by atoms with Crippen molar-refractivity contribution < 1.29 is 14.1 Å². The molecule has 0 fully saturated rings. The first kappa shape index (κ1) is 15.1. The van der Waals surface area contributed by atoms with Gasteiger partial charge in [0.25, 0.3) is 0 Å². The Morgan fingerprint density at radius 1 is 1.33 bits per heavy atom. The third-order valence-corrected chi connectivity index (χ3v) is 2.77. The predicted octanol–water partition coefficient (Wildman–Crippen LogP) is 2.89. The van der Waals surface area contributed by atoms with Crippen molar-refractivity contribution in [3.63, 3.8) is 0 Å². The van der Waals surface area contributed by atoms with Crippen LogP contribution in [0.4, 0.5) is 10.6 Å². The Morgan fingerprint density at radius 2 is 2.14 bits per heavy atom. The SMILES string of the molecule is CCOCCCNC(=O)Nc1cc(-c2ccccc2)on1. The Kier molecular flexibility index (Phi) is 5.78. The van der Waals surface area contributed by atoms with Crippen molar-refractivity contribution in [2.45, 2.75) is 13.3 Å². The number of benzene rings is 1. The number of carbonyl (C=O) groups is 1. The summed E-state index contributed by atoms with van der Waals surface area (Å²) in [6.45, 7) is 3.82. The first-order valence-electron chi connectivity index (χ1n) is 6.94. The van der Waals surface area contributed by atoms with Crippen LogP contribution in [-0.2, 0) is 4.74 Å². The number of aromatic nitrogens is 1. The molecule has 6 nitrogen and oxygen atoms in total. The lowest BCUT2D eigenvalue weighted by atomic mass is 10.2. The highest BCUT2D eigenvalue weighted by Crippen LogP contribution is 2.21. The normalized spacial score (nSPS) is 10.3. The lowest BCUT2D eigenvalue weighted by Crippen LogP contribution is -2.30. The van der Waals surface area contributed by atoms with Crippen LogP contribution >= 0.6 is 0 Å². The first-order chi connectivity index (χ1) is 10.3. The van der Waals surface area contributed by atoms with Crippen molar-refractivity contribution in [1.29, 1.82) is 0 Å². The summed E-state index contributed by atoms with van der Waals surface area (Å²) in [6.07, 6.45) is 0.773. The molecule has 1 heterocycles. The van der Waals surface area contributed by atoms with Crippen molar-refractivity contribution >= 4 is 11.8 Å². The fourth-order valence-electron chi connectivity index (χ4n) is 1.75. The summed E-state index contributed by atoms with van der Waals surface area (Å²) >= 11 is 0. The van der Waals surface area contributed by atoms with Gasteiger partial charge in [0.15, 0.2) is 11.6 Å². The van der Waals surface area contributed by atoms with Gasteiger partial charge >= 0.3 is 6.03 Å². The van der Waals surface area contributed by atoms with Crippen LogP contribution in [0.5, 0.6) is 0 Å². The maximum atomic E-state index is 11.6. The summed E-state index contributed by atoms with van der Waals surface area (Å²) < 4.78 is 10.4. The Hall–Kier alpha value is -2.34. The van der Waals surface area contributed by atoms with Gasteiger partial charge in [0.2, 0.25) is 0 Å². The number of hydrogen-bond donors (Lipinski definition) is 2. The summed E-state index contributed by atoms with van der Waals surface area (Å²) in [6, 6.07) is 11.0. The minimum absolute atomic E-state index is 0.306. The van der Waals surface area contributed by atoms with E-state index >= 15 is 0 Å². The van der Waals surface area contributed by atoms with Crippen molar-refractivity contribution in [1.82, 2.24) is 10.5 Å². The van der Waals surface area contributed by atoms with E-state index in [1.54, 1.807) is 6.07 Å². The summed E-state index contributed by atoms with van der Waals surface area (Å²) in [4.78, 5) is 11.6. The molecule has 2 amide bonds. The molecule has 2 rings (SSSR count). The Morgan fingerprint density at radius 3 is 2.90 bits per heavy atom. The molecule has 0 spiro atoms. The van der Waals surface area contributed by atoms with Crippen molar-refractivity contribution in [2.24, 2.45) is 0 Å². The molecule has 0 saturated carbocycles. The molecule has 0 radical (unpaired) electrons. The van der Waals surface area contributed by atoms with E-state index in [1.807, 2.05) is 37.3 Å². The van der Waals surface area contributed by atoms with Crippen molar-refractivity contribution in [3.05, 3.63) is 36.4 Å². The van der Waals surface area contributed by atoms with E-state index in [-0.39, 0.29) is 6.03 Å². The Bertz CT molecular complexity index is 554. The molecule has 0 aliphatic heterocycles. The molecule has 0 unspecified atom stereocenters. The van der Waals surface area contributed by atoms with E-state index in [0.29, 0.717) is 31.3 Å². The summed E-state index contributed by atoms with van der Waals surface area (Å²) in [5.74, 6) is 0.999. The van der Waals surface area contributed by atoms with Gasteiger partial charge < -0.3 is 14.6 Å². The summed E-state index contributed by atoms with van der Waals surface area (Å²) in [7, 11) is 0. The van der Waals surface area contributed by atoms with Crippen molar-refractivity contribution in [2.75, 3.05) is 25.1 Å². The molecule has 0 aliphatic carbocycles. The maximum Gasteiger partial charge on any atom is 0.320 e. The highest BCUT2D eigenvalue weighted by atomic mass is 16.5. The van der Waals surface area contributed by atoms with Crippen LogP contribution in [0.2, 0.25) is 0 Å². The Labute approximate surface area is 123 Å². The molecule has 2 N–H and O–H groups in total. The molecule has 2 aromatic rings. The number of amides is 2. The van der Waals surface area contributed by atoms with Crippen LogP contribution in [0, 0.1) is 0 Å². The lowest BCUT2D eigenvalue weighted by Gasteiger charge is -2.04. The second-order valence-corrected chi connectivity index (χ2v) is 4.37. The number of carbonyl (C=O) groups excluding carboxylic acids is 1. The Balaban J connectivity index is 1.78. The van der Waals surface area contributed by atoms with Gasteiger partial charge in [-0.15, -0.1) is 0 Å². The summed E-state index contributed by atoms with van der Waals surface area (Å²) in [5.41, 5.74) is 0.912. The first-order valence-corrected chi connectivity index (χ1v) is 6.94. The average molecular weight is 289 g/mol. The zero-order valence-electron chi connectivity index (χ0n) is 12.0. The molecule has 0 bridgehead atoms. The zero-order valence-corrected chi connectivity index (χ0v) is 12.0. The van der Waals surface area contributed by atoms with Gasteiger partial charge in [-0.2, -0.15) is 0 Å². The van der Waals surface area contributed by atoms with Gasteiger partial charge in [-0.3, -0.25) is 5.32 Å². The minimum Gasteiger partial charge on any atom is -0.382 e. The van der Waals surface area contributed by atoms with Gasteiger partial charge in [0, 0.05) is 31.4 Å². The average Bonchev–Trinajstić information content (AvgIpc) is 2.96. The van der Waals surface area contributed by atoms with Gasteiger partial charge in [-0.05, 0) is 13.3 Å². The minimum atomic E-state index is -0.306. The largest absolute Gasteiger partial charge is 0.382 e. The molecule has 0 atom stereocenters. The number of rotatable bonds is 7. The van der Waals surface area contributed by atoms with Gasteiger partial charge in [-0.1, -0.05) is 35.5 Å². The van der Waals surface area contributed by atoms with E-state index < -0.39 is 0 Å². The molecule has 0 saturated heterocycles. The van der Waals surface area contributed by atoms with Crippen LogP contribution in [0.3, 0.4) is 0 Å². The standard InChI is InChI=1S/C15H19N3O3/c1-2-20-10-6-9-16-15(19)17-14-11-13(21-18-14)12-7-4-3-5-8-12/h3-5,7-8,11H,2,6,9-10H2,1H3,(H2,16,17,18,19). The van der Waals surface area contributed by atoms with E-state index in [2.05, 4.69) is 15.8 Å². The number of urea groups is 1. The van der Waals surface area contributed by atoms with E-state index in [1.165, 1.54) is 0 Å². The smallest absolute Gasteiger partial charge is 0.320 e. The van der Waals surface area contributed by atoms with E-state index in [9.17, 15) is 4.79 Å². The van der Waals surface area contributed by atoms with Crippen molar-refractivity contribution in [3.8, 4) is 11.3 Å². The fourth-order valence-corrected chi connectivity index (χ4v) is 1.75. The van der Waals surface area contributed by atoms with Gasteiger partial charge in [0.05, 0.1) is 0 Å². The van der Waals surface area contributed by atoms with Gasteiger partial charge in [-0.25, -0.2) is 4.79 Å². The molecule has 21 heavy (non-hydrogen) atoms. The van der Waals surface area contributed by atoms with Gasteiger partial charge in [0.1, 0.15) is 0 Å². The number of hydrogen-bond acceptors (Lipinski definition) is 4.